The second kappa shape index (κ2) is 7.25. The van der Waals surface area contributed by atoms with Crippen molar-refractivity contribution in [2.45, 2.75) is 6.42 Å². The van der Waals surface area contributed by atoms with Gasteiger partial charge in [-0.2, -0.15) is 0 Å². The number of rotatable bonds is 5. The Labute approximate surface area is 151 Å². The van der Waals surface area contributed by atoms with Gasteiger partial charge in [0.05, 0.1) is 7.11 Å². The van der Waals surface area contributed by atoms with Crippen LogP contribution in [0.5, 0.6) is 5.75 Å². The smallest absolute Gasteiger partial charge is 0.145 e. The maximum absolute atomic E-state index is 13.3. The summed E-state index contributed by atoms with van der Waals surface area (Å²) in [4.78, 5) is 8.83. The van der Waals surface area contributed by atoms with Crippen LogP contribution in [0, 0.1) is 11.7 Å². The fourth-order valence-corrected chi connectivity index (χ4v) is 3.37. The number of halogens is 1. The van der Waals surface area contributed by atoms with Crippen molar-refractivity contribution in [1.82, 2.24) is 15.3 Å². The molecule has 134 valence electrons. The van der Waals surface area contributed by atoms with Crippen molar-refractivity contribution in [3.05, 3.63) is 48.5 Å². The Hall–Kier alpha value is -2.73. The lowest BCUT2D eigenvalue weighted by Crippen LogP contribution is -2.17. The molecule has 1 aliphatic heterocycles. The summed E-state index contributed by atoms with van der Waals surface area (Å²) in [5.41, 5.74) is 2.62. The molecule has 1 atom stereocenters. The molecule has 1 fully saturated rings. The quantitative estimate of drug-likeness (QED) is 0.736. The van der Waals surface area contributed by atoms with Crippen molar-refractivity contribution in [1.29, 1.82) is 0 Å². The lowest BCUT2D eigenvalue weighted by atomic mass is 10.0. The molecule has 1 aromatic heterocycles. The molecule has 0 saturated carbocycles. The normalized spacial score (nSPS) is 16.8. The van der Waals surface area contributed by atoms with Crippen molar-refractivity contribution in [2.24, 2.45) is 5.92 Å². The third-order valence-corrected chi connectivity index (χ3v) is 4.82. The van der Waals surface area contributed by atoms with Gasteiger partial charge in [0.15, 0.2) is 0 Å². The van der Waals surface area contributed by atoms with E-state index in [9.17, 15) is 4.39 Å². The van der Waals surface area contributed by atoms with E-state index in [-0.39, 0.29) is 5.82 Å². The highest BCUT2D eigenvalue weighted by Crippen LogP contribution is 2.34. The molecule has 3 aromatic rings. The lowest BCUT2D eigenvalue weighted by Gasteiger charge is -2.14. The minimum absolute atomic E-state index is 0.252. The number of hydrogen-bond acceptors (Lipinski definition) is 5. The molecular formula is C20H21FN4O. The molecule has 26 heavy (non-hydrogen) atoms. The van der Waals surface area contributed by atoms with E-state index >= 15 is 0 Å². The van der Waals surface area contributed by atoms with E-state index in [0.717, 1.165) is 47.5 Å². The standard InChI is InChI=1S/C20H21FN4O/c1-26-18-9-15(14-2-4-16(21)5-3-14)8-17-19(18)24-12-25-20(17)23-11-13-6-7-22-10-13/h2-5,8-9,12-13,22H,6-7,10-11H2,1H3,(H,23,24,25). The first-order valence-corrected chi connectivity index (χ1v) is 8.78. The van der Waals surface area contributed by atoms with Crippen molar-refractivity contribution in [3.63, 3.8) is 0 Å². The highest BCUT2D eigenvalue weighted by atomic mass is 19.1. The Morgan fingerprint density at radius 2 is 2.04 bits per heavy atom. The lowest BCUT2D eigenvalue weighted by molar-refractivity contribution is 0.419. The molecule has 1 unspecified atom stereocenters. The van der Waals surface area contributed by atoms with Crippen LogP contribution in [0.1, 0.15) is 6.42 Å². The molecule has 0 aliphatic carbocycles. The largest absolute Gasteiger partial charge is 0.494 e. The van der Waals surface area contributed by atoms with Gasteiger partial charge in [-0.3, -0.25) is 0 Å². The summed E-state index contributed by atoms with van der Waals surface area (Å²) in [6.07, 6.45) is 2.72. The van der Waals surface area contributed by atoms with Crippen LogP contribution in [0.25, 0.3) is 22.0 Å². The molecule has 6 heteroatoms. The highest BCUT2D eigenvalue weighted by molar-refractivity contribution is 5.96. The average molecular weight is 352 g/mol. The number of fused-ring (bicyclic) bond motifs is 1. The number of nitrogens with one attached hydrogen (secondary N) is 2. The predicted molar refractivity (Wildman–Crippen MR) is 101 cm³/mol. The van der Waals surface area contributed by atoms with Crippen LogP contribution < -0.4 is 15.4 Å². The zero-order valence-electron chi connectivity index (χ0n) is 14.6. The minimum atomic E-state index is -0.252. The Balaban J connectivity index is 1.74. The van der Waals surface area contributed by atoms with E-state index < -0.39 is 0 Å². The number of methoxy groups -OCH3 is 1. The average Bonchev–Trinajstić information content (AvgIpc) is 3.19. The monoisotopic (exact) mass is 352 g/mol. The Kier molecular flexibility index (Phi) is 4.67. The summed E-state index contributed by atoms with van der Waals surface area (Å²) in [7, 11) is 1.63. The Morgan fingerprint density at radius 1 is 1.19 bits per heavy atom. The predicted octanol–water partition coefficient (Wildman–Crippen LogP) is 3.47. The van der Waals surface area contributed by atoms with E-state index in [0.29, 0.717) is 11.7 Å². The topological polar surface area (TPSA) is 59.1 Å². The van der Waals surface area contributed by atoms with Crippen molar-refractivity contribution >= 4 is 16.7 Å². The van der Waals surface area contributed by atoms with E-state index in [2.05, 4.69) is 20.6 Å². The molecule has 4 rings (SSSR count). The van der Waals surface area contributed by atoms with Crippen LogP contribution in [0.2, 0.25) is 0 Å². The first-order valence-electron chi connectivity index (χ1n) is 8.78. The summed E-state index contributed by atoms with van der Waals surface area (Å²) >= 11 is 0. The molecule has 2 aromatic carbocycles. The highest BCUT2D eigenvalue weighted by Gasteiger charge is 2.16. The Morgan fingerprint density at radius 3 is 2.77 bits per heavy atom. The second-order valence-corrected chi connectivity index (χ2v) is 6.54. The molecule has 2 N–H and O–H groups in total. The first kappa shape index (κ1) is 16.7. The molecule has 5 nitrogen and oxygen atoms in total. The van der Waals surface area contributed by atoms with Gasteiger partial charge < -0.3 is 15.4 Å². The van der Waals surface area contributed by atoms with Gasteiger partial charge in [0.25, 0.3) is 0 Å². The minimum Gasteiger partial charge on any atom is -0.494 e. The fourth-order valence-electron chi connectivity index (χ4n) is 3.37. The van der Waals surface area contributed by atoms with Crippen molar-refractivity contribution in [3.8, 4) is 16.9 Å². The van der Waals surface area contributed by atoms with Gasteiger partial charge in [0, 0.05) is 11.9 Å². The maximum Gasteiger partial charge on any atom is 0.145 e. The molecule has 0 spiro atoms. The SMILES string of the molecule is COc1cc(-c2ccc(F)cc2)cc2c(NCC3CCNC3)ncnc12. The zero-order valence-corrected chi connectivity index (χ0v) is 14.6. The van der Waals surface area contributed by atoms with Gasteiger partial charge in [-0.15, -0.1) is 0 Å². The molecule has 2 heterocycles. The van der Waals surface area contributed by atoms with Crippen LogP contribution in [0.3, 0.4) is 0 Å². The Bertz CT molecular complexity index is 908. The summed E-state index contributed by atoms with van der Waals surface area (Å²) in [6.45, 7) is 2.96. The van der Waals surface area contributed by atoms with E-state index in [4.69, 9.17) is 4.74 Å². The molecule has 0 bridgehead atoms. The molecule has 0 radical (unpaired) electrons. The fraction of sp³-hybridized carbons (Fsp3) is 0.300. The third kappa shape index (κ3) is 3.32. The van der Waals surface area contributed by atoms with E-state index in [1.165, 1.54) is 18.6 Å². The van der Waals surface area contributed by atoms with Gasteiger partial charge in [-0.05, 0) is 60.8 Å². The molecule has 1 aliphatic rings. The number of ether oxygens (including phenoxy) is 1. The summed E-state index contributed by atoms with van der Waals surface area (Å²) < 4.78 is 18.8. The van der Waals surface area contributed by atoms with Gasteiger partial charge in [-0.25, -0.2) is 14.4 Å². The molecule has 0 amide bonds. The van der Waals surface area contributed by atoms with Crippen LogP contribution in [0.15, 0.2) is 42.7 Å². The van der Waals surface area contributed by atoms with Crippen LogP contribution in [-0.4, -0.2) is 36.7 Å². The summed E-state index contributed by atoms with van der Waals surface area (Å²) in [5.74, 6) is 1.82. The first-order chi connectivity index (χ1) is 12.7. The summed E-state index contributed by atoms with van der Waals surface area (Å²) in [6, 6.07) is 10.4. The van der Waals surface area contributed by atoms with Crippen molar-refractivity contribution < 1.29 is 9.13 Å². The van der Waals surface area contributed by atoms with Gasteiger partial charge >= 0.3 is 0 Å². The number of aromatic nitrogens is 2. The van der Waals surface area contributed by atoms with E-state index in [1.807, 2.05) is 12.1 Å². The zero-order chi connectivity index (χ0) is 17.9. The number of anilines is 1. The number of hydrogen-bond donors (Lipinski definition) is 2. The van der Waals surface area contributed by atoms with Crippen molar-refractivity contribution in [2.75, 3.05) is 32.1 Å². The third-order valence-electron chi connectivity index (χ3n) is 4.82. The molecular weight excluding hydrogens is 331 g/mol. The van der Waals surface area contributed by atoms with Crippen LogP contribution in [-0.2, 0) is 0 Å². The van der Waals surface area contributed by atoms with E-state index in [1.54, 1.807) is 25.6 Å². The van der Waals surface area contributed by atoms with Crippen LogP contribution in [0.4, 0.5) is 10.2 Å². The van der Waals surface area contributed by atoms with Gasteiger partial charge in [0.1, 0.15) is 29.2 Å². The maximum atomic E-state index is 13.3. The number of benzene rings is 2. The summed E-state index contributed by atoms with van der Waals surface area (Å²) in [5, 5.41) is 7.74. The van der Waals surface area contributed by atoms with Gasteiger partial charge in [0.2, 0.25) is 0 Å². The van der Waals surface area contributed by atoms with Gasteiger partial charge in [-0.1, -0.05) is 12.1 Å². The molecule has 1 saturated heterocycles. The second-order valence-electron chi connectivity index (χ2n) is 6.54. The number of nitrogens with zero attached hydrogens (tertiary/aromatic N) is 2. The van der Waals surface area contributed by atoms with Crippen LogP contribution >= 0.6 is 0 Å².